The average molecular weight is 528 g/mol. The molecule has 1 aliphatic rings. The van der Waals surface area contributed by atoms with Crippen molar-refractivity contribution in [3.05, 3.63) is 69.7 Å². The quantitative estimate of drug-likeness (QED) is 0.352. The van der Waals surface area contributed by atoms with Crippen LogP contribution in [0.5, 0.6) is 0 Å². The number of imidazole rings is 1. The molecule has 2 aromatic carbocycles. The van der Waals surface area contributed by atoms with Gasteiger partial charge in [-0.2, -0.15) is 0 Å². The second kappa shape index (κ2) is 9.09. The molecule has 2 N–H and O–H groups in total. The largest absolute Gasteiger partial charge is 0.382 e. The summed E-state index contributed by atoms with van der Waals surface area (Å²) in [6.45, 7) is 1.58. The number of rotatable bonds is 6. The number of carbonyl (C=O) groups excluding carboxylic acids is 1. The van der Waals surface area contributed by atoms with Crippen LogP contribution in [0.15, 0.2) is 53.3 Å². The summed E-state index contributed by atoms with van der Waals surface area (Å²) in [4.78, 5) is 31.5. The first-order valence-corrected chi connectivity index (χ1v) is 11.5. The van der Waals surface area contributed by atoms with Gasteiger partial charge in [0.25, 0.3) is 5.91 Å². The number of hydrogen-bond donors (Lipinski definition) is 2. The Balaban J connectivity index is 1.49. The number of fused-ring (bicyclic) bond motifs is 2. The van der Waals surface area contributed by atoms with Crippen LogP contribution in [0.1, 0.15) is 22.2 Å². The average Bonchev–Trinajstić information content (AvgIpc) is 3.48. The molecule has 2 aromatic heterocycles. The third-order valence-electron chi connectivity index (χ3n) is 5.50. The summed E-state index contributed by atoms with van der Waals surface area (Å²) >= 11 is 9.68. The highest BCUT2D eigenvalue weighted by Crippen LogP contribution is 2.30. The number of nitrogens with one attached hydrogen (secondary N) is 2. The summed E-state index contributed by atoms with van der Waals surface area (Å²) in [6.07, 6.45) is 5.45. The van der Waals surface area contributed by atoms with E-state index in [-0.39, 0.29) is 11.9 Å². The third kappa shape index (κ3) is 4.31. The number of nitrogens with zero attached hydrogens (tertiary/aromatic N) is 4. The molecule has 4 aromatic rings. The second-order valence-electron chi connectivity index (χ2n) is 7.69. The second-order valence-corrected chi connectivity index (χ2v) is 8.98. The van der Waals surface area contributed by atoms with E-state index in [0.717, 1.165) is 16.4 Å². The zero-order valence-corrected chi connectivity index (χ0v) is 20.0. The van der Waals surface area contributed by atoms with Crippen molar-refractivity contribution < 1.29 is 9.53 Å². The van der Waals surface area contributed by atoms with E-state index in [2.05, 4.69) is 41.2 Å². The number of aromatic nitrogens is 4. The van der Waals surface area contributed by atoms with Crippen LogP contribution in [-0.2, 0) is 4.74 Å². The van der Waals surface area contributed by atoms with E-state index in [9.17, 15) is 4.79 Å². The highest BCUT2D eigenvalue weighted by molar-refractivity contribution is 9.10. The topological polar surface area (TPSA) is 96.0 Å². The van der Waals surface area contributed by atoms with Gasteiger partial charge in [-0.1, -0.05) is 23.8 Å². The molecule has 1 aliphatic heterocycles. The predicted molar refractivity (Wildman–Crippen MR) is 132 cm³/mol. The number of halogens is 2. The van der Waals surface area contributed by atoms with Gasteiger partial charge in [0, 0.05) is 35.1 Å². The highest BCUT2D eigenvalue weighted by atomic mass is 79.9. The minimum atomic E-state index is -0.296. The molecule has 0 saturated heterocycles. The van der Waals surface area contributed by atoms with Gasteiger partial charge >= 0.3 is 0 Å². The highest BCUT2D eigenvalue weighted by Gasteiger charge is 2.22. The molecule has 8 nitrogen and oxygen atoms in total. The Bertz CT molecular complexity index is 1380. The van der Waals surface area contributed by atoms with Gasteiger partial charge in [0.05, 0.1) is 28.7 Å². The Morgan fingerprint density at radius 2 is 2.06 bits per heavy atom. The molecule has 5 rings (SSSR count). The van der Waals surface area contributed by atoms with Crippen molar-refractivity contribution in [1.29, 1.82) is 0 Å². The molecular formula is C23H20BrClN6O2. The number of amides is 1. The van der Waals surface area contributed by atoms with Crippen molar-refractivity contribution in [3.63, 3.8) is 0 Å². The molecule has 0 bridgehead atoms. The van der Waals surface area contributed by atoms with Crippen LogP contribution in [0, 0.1) is 0 Å². The number of carbonyl (C=O) groups is 1. The van der Waals surface area contributed by atoms with Crippen LogP contribution in [0.3, 0.4) is 0 Å². The maximum absolute atomic E-state index is 12.9. The van der Waals surface area contributed by atoms with Crippen LogP contribution in [0.2, 0.25) is 5.02 Å². The fraction of sp³-hybridized carbons (Fsp3) is 0.217. The van der Waals surface area contributed by atoms with E-state index in [1.54, 1.807) is 24.1 Å². The van der Waals surface area contributed by atoms with E-state index >= 15 is 0 Å². The van der Waals surface area contributed by atoms with Gasteiger partial charge in [0.1, 0.15) is 24.0 Å². The first-order valence-electron chi connectivity index (χ1n) is 10.3. The monoisotopic (exact) mass is 526 g/mol. The van der Waals surface area contributed by atoms with Gasteiger partial charge in [0.2, 0.25) is 0 Å². The van der Waals surface area contributed by atoms with E-state index < -0.39 is 0 Å². The number of aromatic amines is 1. The minimum Gasteiger partial charge on any atom is -0.382 e. The number of anilines is 1. The summed E-state index contributed by atoms with van der Waals surface area (Å²) in [7, 11) is 1.63. The Labute approximate surface area is 203 Å². The molecule has 0 unspecified atom stereocenters. The normalized spacial score (nSPS) is 14.3. The molecule has 3 heterocycles. The molecule has 0 spiro atoms. The van der Waals surface area contributed by atoms with Crippen LogP contribution in [0.25, 0.3) is 21.9 Å². The van der Waals surface area contributed by atoms with E-state index in [0.29, 0.717) is 51.9 Å². The van der Waals surface area contributed by atoms with Crippen molar-refractivity contribution in [1.82, 2.24) is 24.8 Å². The summed E-state index contributed by atoms with van der Waals surface area (Å²) in [5.74, 6) is 1.27. The minimum absolute atomic E-state index is 0.0416. The number of H-pyrrole nitrogens is 1. The van der Waals surface area contributed by atoms with Gasteiger partial charge < -0.3 is 19.9 Å². The van der Waals surface area contributed by atoms with Gasteiger partial charge in [0.15, 0.2) is 0 Å². The van der Waals surface area contributed by atoms with Crippen molar-refractivity contribution in [2.75, 3.05) is 32.1 Å². The lowest BCUT2D eigenvalue weighted by Crippen LogP contribution is -2.28. The summed E-state index contributed by atoms with van der Waals surface area (Å²) in [5.41, 5.74) is 2.89. The summed E-state index contributed by atoms with van der Waals surface area (Å²) < 4.78 is 6.12. The SMILES string of the molecule is COC[C@@H](Nc1ncnc2cc(C(=O)N3CC=CC3)c(Br)cc12)c1nc2ccc(Cl)cc2[nH]1. The number of ether oxygens (including phenoxy) is 1. The fourth-order valence-corrected chi connectivity index (χ4v) is 4.54. The van der Waals surface area contributed by atoms with Gasteiger partial charge in [-0.25, -0.2) is 15.0 Å². The molecule has 1 amide bonds. The van der Waals surface area contributed by atoms with Gasteiger partial charge in [-0.05, 0) is 46.3 Å². The standard InChI is InChI=1S/C23H20BrClN6O2/c1-33-11-20(22-28-17-5-4-13(25)8-19(17)29-22)30-21-15-9-16(24)14(10-18(15)26-12-27-21)23(32)31-6-2-3-7-31/h2-5,8-10,12,20H,6-7,11H2,1H3,(H,28,29)(H,26,27,30)/t20-/m1/s1. The first kappa shape index (κ1) is 21.8. The summed E-state index contributed by atoms with van der Waals surface area (Å²) in [5, 5.41) is 4.83. The molecule has 0 fully saturated rings. The molecular weight excluding hydrogens is 508 g/mol. The van der Waals surface area contributed by atoms with Gasteiger partial charge in [-0.15, -0.1) is 0 Å². The molecule has 0 radical (unpaired) electrons. The smallest absolute Gasteiger partial charge is 0.255 e. The zero-order valence-electron chi connectivity index (χ0n) is 17.7. The van der Waals surface area contributed by atoms with E-state index in [1.165, 1.54) is 6.33 Å². The Kier molecular flexibility index (Phi) is 6.01. The predicted octanol–water partition coefficient (Wildman–Crippen LogP) is 4.73. The Morgan fingerprint density at radius 1 is 1.24 bits per heavy atom. The summed E-state index contributed by atoms with van der Waals surface area (Å²) in [6, 6.07) is 8.88. The molecule has 10 heteroatoms. The van der Waals surface area contributed by atoms with Crippen molar-refractivity contribution in [2.24, 2.45) is 0 Å². The first-order chi connectivity index (χ1) is 16.0. The lowest BCUT2D eigenvalue weighted by atomic mass is 10.1. The van der Waals surface area contributed by atoms with Crippen molar-refractivity contribution in [3.8, 4) is 0 Å². The maximum Gasteiger partial charge on any atom is 0.255 e. The molecule has 168 valence electrons. The molecule has 0 saturated carbocycles. The molecule has 0 aliphatic carbocycles. The lowest BCUT2D eigenvalue weighted by molar-refractivity contribution is 0.0799. The molecule has 33 heavy (non-hydrogen) atoms. The van der Waals surface area contributed by atoms with Crippen LogP contribution in [0.4, 0.5) is 5.82 Å². The van der Waals surface area contributed by atoms with Crippen molar-refractivity contribution in [2.45, 2.75) is 6.04 Å². The third-order valence-corrected chi connectivity index (χ3v) is 6.39. The number of benzene rings is 2. The van der Waals surface area contributed by atoms with E-state index in [4.69, 9.17) is 16.3 Å². The van der Waals surface area contributed by atoms with Gasteiger partial charge in [-0.3, -0.25) is 4.79 Å². The van der Waals surface area contributed by atoms with Crippen LogP contribution < -0.4 is 5.32 Å². The lowest BCUT2D eigenvalue weighted by Gasteiger charge is -2.19. The fourth-order valence-electron chi connectivity index (χ4n) is 3.86. The Morgan fingerprint density at radius 3 is 2.85 bits per heavy atom. The van der Waals surface area contributed by atoms with Crippen LogP contribution >= 0.6 is 27.5 Å². The Hall–Kier alpha value is -3.01. The molecule has 1 atom stereocenters. The number of hydrogen-bond acceptors (Lipinski definition) is 6. The maximum atomic E-state index is 12.9. The number of methoxy groups -OCH3 is 1. The zero-order chi connectivity index (χ0) is 22.9. The van der Waals surface area contributed by atoms with E-state index in [1.807, 2.05) is 30.4 Å². The van der Waals surface area contributed by atoms with Crippen molar-refractivity contribution >= 4 is 61.2 Å². The van der Waals surface area contributed by atoms with Crippen LogP contribution in [-0.4, -0.2) is 57.5 Å².